The fourth-order valence-corrected chi connectivity index (χ4v) is 2.60. The molecule has 0 spiro atoms. The molecule has 0 saturated carbocycles. The molecule has 0 aromatic rings. The van der Waals surface area contributed by atoms with Crippen LogP contribution in [0.5, 0.6) is 0 Å². The van der Waals surface area contributed by atoms with Crippen LogP contribution < -0.4 is 0 Å². The summed E-state index contributed by atoms with van der Waals surface area (Å²) in [5.74, 6) is -0.402. The van der Waals surface area contributed by atoms with Gasteiger partial charge in [0.1, 0.15) is 6.61 Å². The normalized spacial score (nSPS) is 11.3. The number of unbranched alkanes of at least 4 members (excludes halogenated alkanes) is 3. The molecule has 0 aliphatic carbocycles. The first kappa shape index (κ1) is 35.1. The van der Waals surface area contributed by atoms with E-state index in [9.17, 15) is 4.79 Å². The van der Waals surface area contributed by atoms with E-state index in [1.165, 1.54) is 26.4 Å². The summed E-state index contributed by atoms with van der Waals surface area (Å²) in [5.41, 5.74) is 0. The molecular weight excluding hydrogens is 476 g/mol. The van der Waals surface area contributed by atoms with Crippen molar-refractivity contribution in [3.05, 3.63) is 0 Å². The van der Waals surface area contributed by atoms with E-state index in [1.807, 2.05) is 0 Å². The Bertz CT molecular complexity index is 427. The van der Waals surface area contributed by atoms with E-state index in [-0.39, 0.29) is 6.61 Å². The van der Waals surface area contributed by atoms with Crippen molar-refractivity contribution < 1.29 is 52.2 Å². The Balaban J connectivity index is 3.03. The maximum absolute atomic E-state index is 10.8. The van der Waals surface area contributed by atoms with E-state index in [0.29, 0.717) is 106 Å². The van der Waals surface area contributed by atoms with E-state index in [4.69, 9.17) is 42.6 Å². The molecule has 0 bridgehead atoms. The topological polar surface area (TPSA) is 109 Å². The number of ether oxygens (including phenoxy) is 10. The van der Waals surface area contributed by atoms with Crippen LogP contribution in [0.2, 0.25) is 0 Å². The highest BCUT2D eigenvalue weighted by Gasteiger charge is 1.99. The van der Waals surface area contributed by atoms with Crippen LogP contribution in [-0.2, 0) is 52.2 Å². The second-order valence-corrected chi connectivity index (χ2v) is 7.59. The van der Waals surface area contributed by atoms with Gasteiger partial charge in [0.2, 0.25) is 0 Å². The minimum Gasteiger partial charge on any atom is -0.467 e. The van der Waals surface area contributed by atoms with Crippen molar-refractivity contribution in [2.45, 2.75) is 32.6 Å². The smallest absolute Gasteiger partial charge is 0.331 e. The third kappa shape index (κ3) is 31.1. The molecule has 0 fully saturated rings. The van der Waals surface area contributed by atoms with Gasteiger partial charge in [-0.3, -0.25) is 0 Å². The average Bonchev–Trinajstić information content (AvgIpc) is 2.89. The molecule has 0 N–H and O–H groups in total. The Morgan fingerprint density at radius 2 is 0.722 bits per heavy atom. The zero-order valence-electron chi connectivity index (χ0n) is 22.5. The molecule has 0 saturated heterocycles. The van der Waals surface area contributed by atoms with E-state index in [2.05, 4.69) is 11.7 Å². The van der Waals surface area contributed by atoms with Crippen LogP contribution in [0.4, 0.5) is 0 Å². The lowest BCUT2D eigenvalue weighted by Crippen LogP contribution is -2.16. The minimum absolute atomic E-state index is 0.0634. The maximum Gasteiger partial charge on any atom is 0.331 e. The molecule has 36 heavy (non-hydrogen) atoms. The lowest BCUT2D eigenvalue weighted by molar-refractivity contribution is -0.146. The van der Waals surface area contributed by atoms with E-state index >= 15 is 0 Å². The van der Waals surface area contributed by atoms with Gasteiger partial charge in [0.05, 0.1) is 113 Å². The number of carbonyl (C=O) groups is 1. The van der Waals surface area contributed by atoms with Gasteiger partial charge < -0.3 is 47.4 Å². The zero-order valence-corrected chi connectivity index (χ0v) is 22.5. The van der Waals surface area contributed by atoms with Crippen molar-refractivity contribution in [3.8, 4) is 0 Å². The van der Waals surface area contributed by atoms with Crippen molar-refractivity contribution in [1.82, 2.24) is 0 Å². The van der Waals surface area contributed by atoms with Gasteiger partial charge in [0.25, 0.3) is 0 Å². The van der Waals surface area contributed by atoms with Gasteiger partial charge in [-0.25, -0.2) is 4.79 Å². The molecule has 0 aromatic heterocycles. The van der Waals surface area contributed by atoms with Crippen molar-refractivity contribution in [2.75, 3.05) is 126 Å². The number of esters is 1. The fourth-order valence-electron chi connectivity index (χ4n) is 2.60. The quantitative estimate of drug-likeness (QED) is 0.0976. The van der Waals surface area contributed by atoms with Crippen LogP contribution in [0.3, 0.4) is 0 Å². The second kappa shape index (κ2) is 32.1. The molecule has 0 unspecified atom stereocenters. The van der Waals surface area contributed by atoms with Crippen molar-refractivity contribution in [2.24, 2.45) is 0 Å². The Kier molecular flexibility index (Phi) is 31.3. The standard InChI is InChI=1S/C25H50O11/c1-3-4-5-6-7-28-8-9-29-10-11-30-12-13-31-14-15-32-16-17-33-18-19-34-20-21-35-22-23-36-24-25(26)27-2/h3-24H2,1-2H3. The van der Waals surface area contributed by atoms with Crippen molar-refractivity contribution in [1.29, 1.82) is 0 Å². The van der Waals surface area contributed by atoms with Crippen LogP contribution in [0.15, 0.2) is 0 Å². The SMILES string of the molecule is CCCCCCOCCOCCOCCOCCOCCOCCOCCOCCOCC(=O)OC. The molecule has 0 aliphatic rings. The minimum atomic E-state index is -0.402. The highest BCUT2D eigenvalue weighted by atomic mass is 16.6. The maximum atomic E-state index is 10.8. The van der Waals surface area contributed by atoms with Crippen LogP contribution >= 0.6 is 0 Å². The first-order valence-electron chi connectivity index (χ1n) is 13.1. The highest BCUT2D eigenvalue weighted by Crippen LogP contribution is 1.98. The van der Waals surface area contributed by atoms with E-state index < -0.39 is 5.97 Å². The highest BCUT2D eigenvalue weighted by molar-refractivity contribution is 5.70. The van der Waals surface area contributed by atoms with Crippen LogP contribution in [0.1, 0.15) is 32.6 Å². The first-order chi connectivity index (χ1) is 17.8. The lowest BCUT2D eigenvalue weighted by Gasteiger charge is -2.09. The van der Waals surface area contributed by atoms with E-state index in [1.54, 1.807) is 0 Å². The van der Waals surface area contributed by atoms with Crippen LogP contribution in [-0.4, -0.2) is 132 Å². The molecule has 0 radical (unpaired) electrons. The molecule has 0 aromatic carbocycles. The molecule has 11 nitrogen and oxygen atoms in total. The Labute approximate surface area is 217 Å². The summed E-state index contributed by atoms with van der Waals surface area (Å²) in [4.78, 5) is 10.8. The van der Waals surface area contributed by atoms with Gasteiger partial charge in [0, 0.05) is 6.61 Å². The van der Waals surface area contributed by atoms with Gasteiger partial charge in [-0.15, -0.1) is 0 Å². The van der Waals surface area contributed by atoms with E-state index in [0.717, 1.165) is 13.0 Å². The third-order valence-corrected chi connectivity index (χ3v) is 4.57. The zero-order chi connectivity index (χ0) is 26.2. The predicted molar refractivity (Wildman–Crippen MR) is 134 cm³/mol. The molecule has 0 rings (SSSR count). The molecule has 11 heteroatoms. The summed E-state index contributed by atoms with van der Waals surface area (Å²) in [6, 6.07) is 0. The average molecular weight is 527 g/mol. The summed E-state index contributed by atoms with van der Waals surface area (Å²) in [6.45, 7) is 11.1. The summed E-state index contributed by atoms with van der Waals surface area (Å²) in [6.07, 6.45) is 4.89. The molecule has 0 heterocycles. The van der Waals surface area contributed by atoms with Gasteiger partial charge in [-0.1, -0.05) is 26.2 Å². The van der Waals surface area contributed by atoms with Crippen LogP contribution in [0.25, 0.3) is 0 Å². The summed E-state index contributed by atoms with van der Waals surface area (Å²) >= 11 is 0. The van der Waals surface area contributed by atoms with Crippen molar-refractivity contribution in [3.63, 3.8) is 0 Å². The Hall–Kier alpha value is -0.890. The third-order valence-electron chi connectivity index (χ3n) is 4.57. The molecule has 0 amide bonds. The van der Waals surface area contributed by atoms with Gasteiger partial charge in [-0.2, -0.15) is 0 Å². The summed E-state index contributed by atoms with van der Waals surface area (Å²) in [5, 5.41) is 0. The molecule has 216 valence electrons. The summed E-state index contributed by atoms with van der Waals surface area (Å²) < 4.78 is 52.9. The fraction of sp³-hybridized carbons (Fsp3) is 0.960. The molecular formula is C25H50O11. The number of hydrogen-bond acceptors (Lipinski definition) is 11. The number of rotatable bonds is 31. The monoisotopic (exact) mass is 526 g/mol. The second-order valence-electron chi connectivity index (χ2n) is 7.59. The Morgan fingerprint density at radius 3 is 1.03 bits per heavy atom. The van der Waals surface area contributed by atoms with Gasteiger partial charge in [-0.05, 0) is 6.42 Å². The van der Waals surface area contributed by atoms with Gasteiger partial charge in [0.15, 0.2) is 0 Å². The molecule has 0 atom stereocenters. The van der Waals surface area contributed by atoms with Crippen LogP contribution in [0, 0.1) is 0 Å². The Morgan fingerprint density at radius 1 is 0.417 bits per heavy atom. The predicted octanol–water partition coefficient (Wildman–Crippen LogP) is 1.89. The largest absolute Gasteiger partial charge is 0.467 e. The first-order valence-corrected chi connectivity index (χ1v) is 13.1. The van der Waals surface area contributed by atoms with Gasteiger partial charge >= 0.3 is 5.97 Å². The lowest BCUT2D eigenvalue weighted by atomic mass is 10.2. The van der Waals surface area contributed by atoms with Crippen molar-refractivity contribution >= 4 is 5.97 Å². The molecule has 0 aliphatic heterocycles. The number of methoxy groups -OCH3 is 1. The number of carbonyl (C=O) groups excluding carboxylic acids is 1. The number of hydrogen-bond donors (Lipinski definition) is 0. The summed E-state index contributed by atoms with van der Waals surface area (Å²) in [7, 11) is 1.32.